The van der Waals surface area contributed by atoms with E-state index < -0.39 is 0 Å². The Labute approximate surface area is 94.8 Å². The van der Waals surface area contributed by atoms with Gasteiger partial charge in [-0.1, -0.05) is 26.7 Å². The fourth-order valence-electron chi connectivity index (χ4n) is 2.24. The third-order valence-electron chi connectivity index (χ3n) is 3.60. The minimum Gasteiger partial charge on any atom is -0.377 e. The first kappa shape index (κ1) is 13.0. The molecule has 1 rings (SSSR count). The first-order valence-corrected chi connectivity index (χ1v) is 6.59. The molecule has 2 heteroatoms. The SMILES string of the molecule is CCC(C)OCCNC1CCCCC1C. The molecule has 0 heterocycles. The molecular formula is C13H27NO. The summed E-state index contributed by atoms with van der Waals surface area (Å²) in [4.78, 5) is 0. The molecule has 2 nitrogen and oxygen atoms in total. The Morgan fingerprint density at radius 2 is 2.07 bits per heavy atom. The maximum absolute atomic E-state index is 5.65. The highest BCUT2D eigenvalue weighted by atomic mass is 16.5. The first-order valence-electron chi connectivity index (χ1n) is 6.59. The molecule has 0 aromatic rings. The average molecular weight is 213 g/mol. The Bertz CT molecular complexity index is 161. The summed E-state index contributed by atoms with van der Waals surface area (Å²) < 4.78 is 5.65. The van der Waals surface area contributed by atoms with E-state index in [-0.39, 0.29) is 0 Å². The maximum atomic E-state index is 5.65. The van der Waals surface area contributed by atoms with Crippen LogP contribution in [0.1, 0.15) is 52.9 Å². The van der Waals surface area contributed by atoms with Crippen LogP contribution in [0.2, 0.25) is 0 Å². The monoisotopic (exact) mass is 213 g/mol. The fraction of sp³-hybridized carbons (Fsp3) is 1.00. The lowest BCUT2D eigenvalue weighted by Crippen LogP contribution is -2.39. The van der Waals surface area contributed by atoms with Gasteiger partial charge in [0.2, 0.25) is 0 Å². The fourth-order valence-corrected chi connectivity index (χ4v) is 2.24. The van der Waals surface area contributed by atoms with Crippen molar-refractivity contribution in [3.05, 3.63) is 0 Å². The van der Waals surface area contributed by atoms with Gasteiger partial charge >= 0.3 is 0 Å². The normalized spacial score (nSPS) is 29.0. The van der Waals surface area contributed by atoms with E-state index in [9.17, 15) is 0 Å². The zero-order valence-corrected chi connectivity index (χ0v) is 10.6. The highest BCUT2D eigenvalue weighted by Crippen LogP contribution is 2.23. The van der Waals surface area contributed by atoms with Crippen LogP contribution in [0.4, 0.5) is 0 Å². The van der Waals surface area contributed by atoms with Crippen LogP contribution in [-0.4, -0.2) is 25.3 Å². The molecule has 0 bridgehead atoms. The predicted octanol–water partition coefficient (Wildman–Crippen LogP) is 2.97. The van der Waals surface area contributed by atoms with E-state index in [1.54, 1.807) is 0 Å². The minimum atomic E-state index is 0.413. The highest BCUT2D eigenvalue weighted by molar-refractivity contribution is 4.77. The first-order chi connectivity index (χ1) is 7.24. The maximum Gasteiger partial charge on any atom is 0.0594 e. The Balaban J connectivity index is 2.03. The van der Waals surface area contributed by atoms with Crippen LogP contribution in [0.15, 0.2) is 0 Å². The van der Waals surface area contributed by atoms with Crippen molar-refractivity contribution < 1.29 is 4.74 Å². The summed E-state index contributed by atoms with van der Waals surface area (Å²) in [6.45, 7) is 8.55. The summed E-state index contributed by atoms with van der Waals surface area (Å²) in [5.41, 5.74) is 0. The third kappa shape index (κ3) is 4.98. The standard InChI is InChI=1S/C13H27NO/c1-4-12(3)15-10-9-14-13-8-6-5-7-11(13)2/h11-14H,4-10H2,1-3H3. The van der Waals surface area contributed by atoms with Crippen LogP contribution in [-0.2, 0) is 4.74 Å². The number of hydrogen-bond acceptors (Lipinski definition) is 2. The lowest BCUT2D eigenvalue weighted by atomic mass is 9.86. The van der Waals surface area contributed by atoms with Gasteiger partial charge in [0, 0.05) is 12.6 Å². The number of rotatable bonds is 6. The summed E-state index contributed by atoms with van der Waals surface area (Å²) in [6, 6.07) is 0.735. The smallest absolute Gasteiger partial charge is 0.0594 e. The van der Waals surface area contributed by atoms with Crippen LogP contribution in [0.25, 0.3) is 0 Å². The molecule has 0 saturated heterocycles. The Morgan fingerprint density at radius 3 is 2.73 bits per heavy atom. The van der Waals surface area contributed by atoms with Gasteiger partial charge in [-0.05, 0) is 32.1 Å². The molecule has 3 unspecified atom stereocenters. The summed E-state index contributed by atoms with van der Waals surface area (Å²) in [7, 11) is 0. The molecule has 0 amide bonds. The molecule has 0 aromatic heterocycles. The van der Waals surface area contributed by atoms with Crippen molar-refractivity contribution in [3.63, 3.8) is 0 Å². The van der Waals surface area contributed by atoms with E-state index in [1.807, 2.05) is 0 Å². The van der Waals surface area contributed by atoms with Crippen molar-refractivity contribution in [3.8, 4) is 0 Å². The molecule has 90 valence electrons. The second kappa shape index (κ2) is 7.24. The molecule has 0 aliphatic heterocycles. The molecule has 0 aromatic carbocycles. The molecule has 0 spiro atoms. The molecule has 15 heavy (non-hydrogen) atoms. The van der Waals surface area contributed by atoms with Crippen LogP contribution in [0, 0.1) is 5.92 Å². The molecule has 1 saturated carbocycles. The second-order valence-electron chi connectivity index (χ2n) is 4.91. The van der Waals surface area contributed by atoms with Crippen molar-refractivity contribution in [1.29, 1.82) is 0 Å². The predicted molar refractivity (Wildman–Crippen MR) is 65.1 cm³/mol. The number of ether oxygens (including phenoxy) is 1. The van der Waals surface area contributed by atoms with Crippen molar-refractivity contribution in [1.82, 2.24) is 5.32 Å². The summed E-state index contributed by atoms with van der Waals surface area (Å²) in [5, 5.41) is 3.63. The molecule has 1 fully saturated rings. The zero-order chi connectivity index (χ0) is 11.1. The van der Waals surface area contributed by atoms with Gasteiger partial charge in [-0.2, -0.15) is 0 Å². The van der Waals surface area contributed by atoms with Gasteiger partial charge in [-0.3, -0.25) is 0 Å². The van der Waals surface area contributed by atoms with E-state index in [1.165, 1.54) is 25.7 Å². The van der Waals surface area contributed by atoms with E-state index in [2.05, 4.69) is 26.1 Å². The minimum absolute atomic E-state index is 0.413. The molecule has 3 atom stereocenters. The van der Waals surface area contributed by atoms with Gasteiger partial charge in [0.25, 0.3) is 0 Å². The van der Waals surface area contributed by atoms with Crippen LogP contribution in [0.5, 0.6) is 0 Å². The van der Waals surface area contributed by atoms with Crippen LogP contribution in [0.3, 0.4) is 0 Å². The topological polar surface area (TPSA) is 21.3 Å². The van der Waals surface area contributed by atoms with Crippen molar-refractivity contribution in [2.24, 2.45) is 5.92 Å². The highest BCUT2D eigenvalue weighted by Gasteiger charge is 2.19. The summed E-state index contributed by atoms with van der Waals surface area (Å²) >= 11 is 0. The molecule has 1 N–H and O–H groups in total. The van der Waals surface area contributed by atoms with Crippen molar-refractivity contribution >= 4 is 0 Å². The van der Waals surface area contributed by atoms with Gasteiger partial charge in [0.1, 0.15) is 0 Å². The Kier molecular flexibility index (Phi) is 6.26. The van der Waals surface area contributed by atoms with Crippen LogP contribution < -0.4 is 5.32 Å². The largest absolute Gasteiger partial charge is 0.377 e. The van der Waals surface area contributed by atoms with Crippen molar-refractivity contribution in [2.45, 2.75) is 65.0 Å². The lowest BCUT2D eigenvalue weighted by Gasteiger charge is -2.29. The molecule has 1 aliphatic rings. The van der Waals surface area contributed by atoms with E-state index in [4.69, 9.17) is 4.74 Å². The molecular weight excluding hydrogens is 186 g/mol. The summed E-state index contributed by atoms with van der Waals surface area (Å²) in [6.07, 6.45) is 7.08. The summed E-state index contributed by atoms with van der Waals surface area (Å²) in [5.74, 6) is 0.849. The van der Waals surface area contributed by atoms with Gasteiger partial charge < -0.3 is 10.1 Å². The van der Waals surface area contributed by atoms with Gasteiger partial charge in [-0.25, -0.2) is 0 Å². The molecule has 1 aliphatic carbocycles. The molecule has 0 radical (unpaired) electrons. The van der Waals surface area contributed by atoms with E-state index in [0.717, 1.165) is 31.5 Å². The average Bonchev–Trinajstić information content (AvgIpc) is 2.26. The third-order valence-corrected chi connectivity index (χ3v) is 3.60. The van der Waals surface area contributed by atoms with Crippen molar-refractivity contribution in [2.75, 3.05) is 13.2 Å². The zero-order valence-electron chi connectivity index (χ0n) is 10.6. The Hall–Kier alpha value is -0.0800. The van der Waals surface area contributed by atoms with Gasteiger partial charge in [-0.15, -0.1) is 0 Å². The number of hydrogen-bond donors (Lipinski definition) is 1. The number of nitrogens with one attached hydrogen (secondary N) is 1. The Morgan fingerprint density at radius 1 is 1.33 bits per heavy atom. The van der Waals surface area contributed by atoms with Gasteiger partial charge in [0.15, 0.2) is 0 Å². The van der Waals surface area contributed by atoms with Gasteiger partial charge in [0.05, 0.1) is 12.7 Å². The lowest BCUT2D eigenvalue weighted by molar-refractivity contribution is 0.0623. The van der Waals surface area contributed by atoms with E-state index >= 15 is 0 Å². The van der Waals surface area contributed by atoms with E-state index in [0.29, 0.717) is 6.10 Å². The van der Waals surface area contributed by atoms with Crippen LogP contribution >= 0.6 is 0 Å². The quantitative estimate of drug-likeness (QED) is 0.685. The second-order valence-corrected chi connectivity index (χ2v) is 4.91.